The van der Waals surface area contributed by atoms with E-state index in [0.717, 1.165) is 30.5 Å². The number of aryl methyl sites for hydroxylation is 1. The first-order valence-corrected chi connectivity index (χ1v) is 7.70. The van der Waals surface area contributed by atoms with Crippen LogP contribution in [0.15, 0.2) is 40.9 Å². The summed E-state index contributed by atoms with van der Waals surface area (Å²) in [6, 6.07) is 11.9. The summed E-state index contributed by atoms with van der Waals surface area (Å²) >= 11 is 11.1. The number of benzene rings is 2. The number of anilines is 2. The van der Waals surface area contributed by atoms with Gasteiger partial charge in [0, 0.05) is 15.2 Å². The van der Waals surface area contributed by atoms with Crippen molar-refractivity contribution in [1.29, 1.82) is 0 Å². The first kappa shape index (κ1) is 12.9. The van der Waals surface area contributed by atoms with Crippen molar-refractivity contribution in [1.82, 2.24) is 4.98 Å². The van der Waals surface area contributed by atoms with Crippen LogP contribution in [-0.2, 0) is 0 Å². The Morgan fingerprint density at radius 3 is 2.84 bits per heavy atom. The summed E-state index contributed by atoms with van der Waals surface area (Å²) in [4.78, 5) is 4.54. The minimum absolute atomic E-state index is 0.738. The first-order chi connectivity index (χ1) is 9.11. The molecule has 1 aromatic heterocycles. The van der Waals surface area contributed by atoms with Gasteiger partial charge in [-0.05, 0) is 48.9 Å². The van der Waals surface area contributed by atoms with Crippen molar-refractivity contribution in [3.05, 3.63) is 51.5 Å². The highest BCUT2D eigenvalue weighted by atomic mass is 79.9. The zero-order valence-electron chi connectivity index (χ0n) is 10.1. The van der Waals surface area contributed by atoms with Crippen LogP contribution in [0.4, 0.5) is 10.8 Å². The van der Waals surface area contributed by atoms with E-state index in [2.05, 4.69) is 39.2 Å². The van der Waals surface area contributed by atoms with Crippen LogP contribution < -0.4 is 5.32 Å². The molecule has 3 aromatic rings. The Kier molecular flexibility index (Phi) is 3.48. The highest BCUT2D eigenvalue weighted by Crippen LogP contribution is 2.31. The summed E-state index contributed by atoms with van der Waals surface area (Å²) in [5.74, 6) is 0. The number of halogens is 2. The molecule has 0 amide bonds. The van der Waals surface area contributed by atoms with Crippen molar-refractivity contribution in [2.24, 2.45) is 0 Å². The highest BCUT2D eigenvalue weighted by Gasteiger charge is 2.05. The summed E-state index contributed by atoms with van der Waals surface area (Å²) in [5, 5.41) is 4.94. The van der Waals surface area contributed by atoms with Gasteiger partial charge in [-0.15, -0.1) is 0 Å². The molecule has 0 aliphatic heterocycles. The fourth-order valence-electron chi connectivity index (χ4n) is 1.80. The topological polar surface area (TPSA) is 24.9 Å². The van der Waals surface area contributed by atoms with Gasteiger partial charge >= 0.3 is 0 Å². The van der Waals surface area contributed by atoms with Crippen molar-refractivity contribution >= 4 is 59.9 Å². The molecule has 0 radical (unpaired) electrons. The lowest BCUT2D eigenvalue weighted by atomic mass is 10.2. The molecule has 0 bridgehead atoms. The summed E-state index contributed by atoms with van der Waals surface area (Å²) in [6.45, 7) is 2.06. The second kappa shape index (κ2) is 5.12. The summed E-state index contributed by atoms with van der Waals surface area (Å²) in [6.07, 6.45) is 0. The predicted molar refractivity (Wildman–Crippen MR) is 86.8 cm³/mol. The Hall–Kier alpha value is -1.10. The van der Waals surface area contributed by atoms with Gasteiger partial charge in [-0.2, -0.15) is 0 Å². The third-order valence-corrected chi connectivity index (χ3v) is 4.82. The largest absolute Gasteiger partial charge is 0.332 e. The number of fused-ring (bicyclic) bond motifs is 1. The Labute approximate surface area is 128 Å². The molecule has 1 heterocycles. The number of nitrogens with zero attached hydrogens (tertiary/aromatic N) is 1. The van der Waals surface area contributed by atoms with Crippen LogP contribution in [-0.4, -0.2) is 4.98 Å². The predicted octanol–water partition coefficient (Wildman–Crippen LogP) is 5.76. The van der Waals surface area contributed by atoms with Gasteiger partial charge in [0.05, 0.1) is 10.2 Å². The lowest BCUT2D eigenvalue weighted by Gasteiger charge is -2.04. The zero-order valence-corrected chi connectivity index (χ0v) is 13.2. The molecule has 19 heavy (non-hydrogen) atoms. The zero-order chi connectivity index (χ0) is 13.4. The molecule has 0 saturated carbocycles. The van der Waals surface area contributed by atoms with Gasteiger partial charge < -0.3 is 5.32 Å². The Morgan fingerprint density at radius 2 is 2.05 bits per heavy atom. The maximum absolute atomic E-state index is 5.98. The Balaban J connectivity index is 1.94. The molecule has 2 nitrogen and oxygen atoms in total. The van der Waals surface area contributed by atoms with E-state index >= 15 is 0 Å². The molecule has 0 saturated heterocycles. The van der Waals surface area contributed by atoms with E-state index < -0.39 is 0 Å². The van der Waals surface area contributed by atoms with Gasteiger partial charge in [-0.1, -0.05) is 38.9 Å². The van der Waals surface area contributed by atoms with Gasteiger partial charge in [0.15, 0.2) is 5.13 Å². The van der Waals surface area contributed by atoms with Crippen molar-refractivity contribution in [3.63, 3.8) is 0 Å². The Bertz CT molecular complexity index is 754. The summed E-state index contributed by atoms with van der Waals surface area (Å²) in [7, 11) is 0. The van der Waals surface area contributed by atoms with Crippen LogP contribution in [0.5, 0.6) is 0 Å². The SMILES string of the molecule is Cc1cc(Nc2nc3ccc(Cl)cc3s2)ccc1Br. The molecule has 0 unspecified atom stereocenters. The molecule has 0 aliphatic carbocycles. The standard InChI is InChI=1S/C14H10BrClN2S/c1-8-6-10(3-4-11(8)15)17-14-18-12-5-2-9(16)7-13(12)19-14/h2-7H,1H3,(H,17,18). The maximum atomic E-state index is 5.98. The van der Waals surface area contributed by atoms with Crippen molar-refractivity contribution < 1.29 is 0 Å². The van der Waals surface area contributed by atoms with Crippen molar-refractivity contribution in [3.8, 4) is 0 Å². The monoisotopic (exact) mass is 352 g/mol. The number of hydrogen-bond donors (Lipinski definition) is 1. The quantitative estimate of drug-likeness (QED) is 0.633. The number of rotatable bonds is 2. The summed E-state index contributed by atoms with van der Waals surface area (Å²) in [5.41, 5.74) is 3.19. The normalized spacial score (nSPS) is 10.9. The van der Waals surface area contributed by atoms with E-state index in [1.807, 2.05) is 30.3 Å². The molecule has 2 aromatic carbocycles. The fourth-order valence-corrected chi connectivity index (χ4v) is 3.21. The highest BCUT2D eigenvalue weighted by molar-refractivity contribution is 9.10. The lowest BCUT2D eigenvalue weighted by Crippen LogP contribution is -1.89. The Morgan fingerprint density at radius 1 is 1.21 bits per heavy atom. The third-order valence-electron chi connectivity index (χ3n) is 2.76. The van der Waals surface area contributed by atoms with Crippen molar-refractivity contribution in [2.75, 3.05) is 5.32 Å². The van der Waals surface area contributed by atoms with Gasteiger partial charge in [0.25, 0.3) is 0 Å². The van der Waals surface area contributed by atoms with Gasteiger partial charge in [0.2, 0.25) is 0 Å². The van der Waals surface area contributed by atoms with E-state index in [9.17, 15) is 0 Å². The molecule has 3 rings (SSSR count). The van der Waals surface area contributed by atoms with E-state index in [0.29, 0.717) is 0 Å². The second-order valence-electron chi connectivity index (χ2n) is 4.22. The minimum Gasteiger partial charge on any atom is -0.332 e. The second-order valence-corrected chi connectivity index (χ2v) is 6.54. The third kappa shape index (κ3) is 2.76. The van der Waals surface area contributed by atoms with E-state index in [1.54, 1.807) is 11.3 Å². The number of aromatic nitrogens is 1. The van der Waals surface area contributed by atoms with Gasteiger partial charge in [0.1, 0.15) is 0 Å². The molecule has 1 N–H and O–H groups in total. The molecule has 0 atom stereocenters. The van der Waals surface area contributed by atoms with Crippen LogP contribution in [0.1, 0.15) is 5.56 Å². The molecule has 0 spiro atoms. The smallest absolute Gasteiger partial charge is 0.188 e. The van der Waals surface area contributed by atoms with E-state index in [-0.39, 0.29) is 0 Å². The maximum Gasteiger partial charge on any atom is 0.188 e. The van der Waals surface area contributed by atoms with E-state index in [4.69, 9.17) is 11.6 Å². The van der Waals surface area contributed by atoms with Crippen LogP contribution in [0, 0.1) is 6.92 Å². The number of thiazole rings is 1. The van der Waals surface area contributed by atoms with Crippen LogP contribution in [0.3, 0.4) is 0 Å². The van der Waals surface area contributed by atoms with Crippen LogP contribution in [0.25, 0.3) is 10.2 Å². The molecular weight excluding hydrogens is 344 g/mol. The lowest BCUT2D eigenvalue weighted by molar-refractivity contribution is 1.40. The average molecular weight is 354 g/mol. The van der Waals surface area contributed by atoms with Crippen LogP contribution in [0.2, 0.25) is 5.02 Å². The molecule has 5 heteroatoms. The molecular formula is C14H10BrClN2S. The fraction of sp³-hybridized carbons (Fsp3) is 0.0714. The van der Waals surface area contributed by atoms with Gasteiger partial charge in [-0.3, -0.25) is 0 Å². The number of hydrogen-bond acceptors (Lipinski definition) is 3. The van der Waals surface area contributed by atoms with E-state index in [1.165, 1.54) is 5.56 Å². The molecule has 0 aliphatic rings. The van der Waals surface area contributed by atoms with Crippen molar-refractivity contribution in [2.45, 2.75) is 6.92 Å². The minimum atomic E-state index is 0.738. The summed E-state index contributed by atoms with van der Waals surface area (Å²) < 4.78 is 2.19. The molecule has 96 valence electrons. The first-order valence-electron chi connectivity index (χ1n) is 5.71. The van der Waals surface area contributed by atoms with Gasteiger partial charge in [-0.25, -0.2) is 4.98 Å². The van der Waals surface area contributed by atoms with Crippen LogP contribution >= 0.6 is 38.9 Å². The number of nitrogens with one attached hydrogen (secondary N) is 1. The molecule has 0 fully saturated rings. The average Bonchev–Trinajstić information content (AvgIpc) is 2.75.